The lowest BCUT2D eigenvalue weighted by molar-refractivity contribution is 0.217. The molecular weight excluding hydrogens is 266 g/mol. The monoisotopic (exact) mass is 287 g/mol. The summed E-state index contributed by atoms with van der Waals surface area (Å²) in [6.45, 7) is 3.51. The Morgan fingerprint density at radius 3 is 3.20 bits per heavy atom. The quantitative estimate of drug-likeness (QED) is 0.932. The lowest BCUT2D eigenvalue weighted by Crippen LogP contribution is -2.35. The average molecular weight is 287 g/mol. The number of benzene rings is 1. The molecule has 1 aliphatic heterocycles. The zero-order chi connectivity index (χ0) is 13.8. The van der Waals surface area contributed by atoms with Gasteiger partial charge in [-0.15, -0.1) is 11.3 Å². The van der Waals surface area contributed by atoms with Crippen LogP contribution in [-0.4, -0.2) is 36.6 Å². The van der Waals surface area contributed by atoms with Gasteiger partial charge in [0.25, 0.3) is 0 Å². The van der Waals surface area contributed by atoms with Crippen LogP contribution in [0, 0.1) is 5.92 Å². The smallest absolute Gasteiger partial charge is 0.123 e. The minimum absolute atomic E-state index is 0.761. The molecule has 1 aliphatic rings. The maximum Gasteiger partial charge on any atom is 0.123 e. The standard InChI is InChI=1S/C16H21N3S/c1-19-8-3-4-13(12-19)11-18-15-6-2-5-14(10-15)16-17-7-9-20-16/h2,5-7,9-10,13,18H,3-4,8,11-12H2,1H3. The van der Waals surface area contributed by atoms with Crippen molar-refractivity contribution in [2.45, 2.75) is 12.8 Å². The van der Waals surface area contributed by atoms with Crippen LogP contribution in [0.25, 0.3) is 10.6 Å². The van der Waals surface area contributed by atoms with E-state index in [1.54, 1.807) is 11.3 Å². The van der Waals surface area contributed by atoms with Crippen LogP contribution in [0.1, 0.15) is 12.8 Å². The number of nitrogens with zero attached hydrogens (tertiary/aromatic N) is 2. The van der Waals surface area contributed by atoms with Crippen molar-refractivity contribution in [3.8, 4) is 10.6 Å². The summed E-state index contributed by atoms with van der Waals surface area (Å²) in [5.74, 6) is 0.761. The van der Waals surface area contributed by atoms with Gasteiger partial charge in [-0.3, -0.25) is 0 Å². The third-order valence-corrected chi connectivity index (χ3v) is 4.68. The SMILES string of the molecule is CN1CCCC(CNc2cccc(-c3nccs3)c2)C1. The first-order valence-corrected chi connectivity index (χ1v) is 8.11. The van der Waals surface area contributed by atoms with E-state index in [1.807, 2.05) is 11.6 Å². The Kier molecular flexibility index (Phi) is 4.33. The number of rotatable bonds is 4. The molecule has 3 nitrogen and oxygen atoms in total. The van der Waals surface area contributed by atoms with Crippen molar-refractivity contribution >= 4 is 17.0 Å². The van der Waals surface area contributed by atoms with E-state index in [-0.39, 0.29) is 0 Å². The molecule has 0 spiro atoms. The molecule has 1 N–H and O–H groups in total. The number of hydrogen-bond donors (Lipinski definition) is 1. The van der Waals surface area contributed by atoms with E-state index in [9.17, 15) is 0 Å². The van der Waals surface area contributed by atoms with Crippen molar-refractivity contribution in [1.82, 2.24) is 9.88 Å². The van der Waals surface area contributed by atoms with Crippen LogP contribution in [0.4, 0.5) is 5.69 Å². The molecule has 0 aliphatic carbocycles. The molecule has 20 heavy (non-hydrogen) atoms. The zero-order valence-electron chi connectivity index (χ0n) is 11.9. The highest BCUT2D eigenvalue weighted by atomic mass is 32.1. The number of anilines is 1. The van der Waals surface area contributed by atoms with E-state index in [2.05, 4.69) is 46.5 Å². The van der Waals surface area contributed by atoms with Crippen LogP contribution in [-0.2, 0) is 0 Å². The van der Waals surface area contributed by atoms with Gasteiger partial charge in [-0.25, -0.2) is 4.98 Å². The van der Waals surface area contributed by atoms with Gasteiger partial charge in [-0.1, -0.05) is 12.1 Å². The zero-order valence-corrected chi connectivity index (χ0v) is 12.7. The fourth-order valence-corrected chi connectivity index (χ4v) is 3.47. The summed E-state index contributed by atoms with van der Waals surface area (Å²) in [6.07, 6.45) is 4.52. The van der Waals surface area contributed by atoms with Gasteiger partial charge in [-0.05, 0) is 44.5 Å². The van der Waals surface area contributed by atoms with Crippen molar-refractivity contribution in [3.63, 3.8) is 0 Å². The predicted molar refractivity (Wildman–Crippen MR) is 86.3 cm³/mol. The molecule has 3 rings (SSSR count). The van der Waals surface area contributed by atoms with Crippen molar-refractivity contribution < 1.29 is 0 Å². The molecule has 1 unspecified atom stereocenters. The Morgan fingerprint density at radius 2 is 2.40 bits per heavy atom. The van der Waals surface area contributed by atoms with Gasteiger partial charge in [0.2, 0.25) is 0 Å². The molecule has 1 atom stereocenters. The van der Waals surface area contributed by atoms with E-state index in [0.717, 1.165) is 17.5 Å². The normalized spacial score (nSPS) is 19.9. The molecule has 0 bridgehead atoms. The Bertz CT molecular complexity index is 538. The Hall–Kier alpha value is -1.39. The Labute approximate surface area is 124 Å². The van der Waals surface area contributed by atoms with E-state index in [0.29, 0.717) is 0 Å². The fourth-order valence-electron chi connectivity index (χ4n) is 2.83. The van der Waals surface area contributed by atoms with E-state index in [1.165, 1.54) is 37.2 Å². The first kappa shape index (κ1) is 13.6. The Balaban J connectivity index is 1.61. The maximum absolute atomic E-state index is 4.37. The van der Waals surface area contributed by atoms with Gasteiger partial charge in [0.15, 0.2) is 0 Å². The first-order chi connectivity index (χ1) is 9.81. The molecule has 4 heteroatoms. The minimum atomic E-state index is 0.761. The highest BCUT2D eigenvalue weighted by molar-refractivity contribution is 7.13. The van der Waals surface area contributed by atoms with Crippen LogP contribution in [0.15, 0.2) is 35.8 Å². The summed E-state index contributed by atoms with van der Waals surface area (Å²) in [5, 5.41) is 6.70. The lowest BCUT2D eigenvalue weighted by Gasteiger charge is -2.30. The summed E-state index contributed by atoms with van der Waals surface area (Å²) in [4.78, 5) is 6.80. The van der Waals surface area contributed by atoms with Gasteiger partial charge in [0, 0.05) is 35.9 Å². The van der Waals surface area contributed by atoms with Gasteiger partial charge in [-0.2, -0.15) is 0 Å². The molecule has 0 amide bonds. The summed E-state index contributed by atoms with van der Waals surface area (Å²) in [7, 11) is 2.22. The summed E-state index contributed by atoms with van der Waals surface area (Å²) >= 11 is 1.69. The van der Waals surface area contributed by atoms with Crippen LogP contribution in [0.3, 0.4) is 0 Å². The largest absolute Gasteiger partial charge is 0.385 e. The fraction of sp³-hybridized carbons (Fsp3) is 0.438. The second-order valence-corrected chi connectivity index (χ2v) is 6.46. The van der Waals surface area contributed by atoms with Crippen molar-refractivity contribution in [1.29, 1.82) is 0 Å². The second-order valence-electron chi connectivity index (χ2n) is 5.57. The highest BCUT2D eigenvalue weighted by Gasteiger charge is 2.16. The topological polar surface area (TPSA) is 28.2 Å². The number of likely N-dealkylation sites (tertiary alicyclic amines) is 1. The average Bonchev–Trinajstić information content (AvgIpc) is 3.00. The maximum atomic E-state index is 4.37. The van der Waals surface area contributed by atoms with E-state index < -0.39 is 0 Å². The molecule has 1 aromatic carbocycles. The molecule has 1 saturated heterocycles. The first-order valence-electron chi connectivity index (χ1n) is 7.23. The van der Waals surface area contributed by atoms with Crippen molar-refractivity contribution in [3.05, 3.63) is 35.8 Å². The molecular formula is C16H21N3S. The molecule has 106 valence electrons. The van der Waals surface area contributed by atoms with Gasteiger partial charge >= 0.3 is 0 Å². The minimum Gasteiger partial charge on any atom is -0.385 e. The molecule has 2 aromatic rings. The Morgan fingerprint density at radius 1 is 1.45 bits per heavy atom. The third-order valence-electron chi connectivity index (χ3n) is 3.86. The van der Waals surface area contributed by atoms with Gasteiger partial charge < -0.3 is 10.2 Å². The van der Waals surface area contributed by atoms with Gasteiger partial charge in [0.1, 0.15) is 5.01 Å². The van der Waals surface area contributed by atoms with Gasteiger partial charge in [0.05, 0.1) is 0 Å². The van der Waals surface area contributed by atoms with E-state index >= 15 is 0 Å². The molecule has 0 radical (unpaired) electrons. The van der Waals surface area contributed by atoms with E-state index in [4.69, 9.17) is 0 Å². The summed E-state index contributed by atoms with van der Waals surface area (Å²) in [5.41, 5.74) is 2.40. The predicted octanol–water partition coefficient (Wildman–Crippen LogP) is 3.56. The molecule has 0 saturated carbocycles. The summed E-state index contributed by atoms with van der Waals surface area (Å²) < 4.78 is 0. The van der Waals surface area contributed by atoms with Crippen LogP contribution in [0.2, 0.25) is 0 Å². The second kappa shape index (κ2) is 6.37. The number of nitrogens with one attached hydrogen (secondary N) is 1. The number of hydrogen-bond acceptors (Lipinski definition) is 4. The number of thiazole rings is 1. The molecule has 1 fully saturated rings. The summed E-state index contributed by atoms with van der Waals surface area (Å²) in [6, 6.07) is 8.57. The molecule has 2 heterocycles. The molecule has 1 aromatic heterocycles. The van der Waals surface area contributed by atoms with Crippen LogP contribution in [0.5, 0.6) is 0 Å². The van der Waals surface area contributed by atoms with Crippen molar-refractivity contribution in [2.24, 2.45) is 5.92 Å². The number of piperidine rings is 1. The number of aromatic nitrogens is 1. The highest BCUT2D eigenvalue weighted by Crippen LogP contribution is 2.25. The lowest BCUT2D eigenvalue weighted by atomic mass is 9.98. The van der Waals surface area contributed by atoms with Crippen LogP contribution >= 0.6 is 11.3 Å². The van der Waals surface area contributed by atoms with Crippen molar-refractivity contribution in [2.75, 3.05) is 32.0 Å². The van der Waals surface area contributed by atoms with Crippen LogP contribution < -0.4 is 5.32 Å². The third kappa shape index (κ3) is 3.38.